The molecule has 4 amide bonds. The number of likely N-dealkylation sites (tertiary alicyclic amines) is 2. The van der Waals surface area contributed by atoms with Crippen LogP contribution in [0.25, 0.3) is 0 Å². The van der Waals surface area contributed by atoms with Crippen molar-refractivity contribution in [1.82, 2.24) is 20.4 Å². The average Bonchev–Trinajstić information content (AvgIpc) is 4.11. The van der Waals surface area contributed by atoms with Gasteiger partial charge in [-0.2, -0.15) is 0 Å². The standard InChI is InChI=1S/2C31H32ClN3O2/c2*32-25-15-7-4-12-21(25)28-24-18-19-35(29(24)22-13-5-8-16-26(22)33-28)31(37)23-14-6-9-17-27(23)34-30(36)20-10-2-1-3-11-20/h2*1-5,7-8,10-13,15-16,23-24,27-29,33H,6,9,14,17-19H2,(H,34,36)/t23-,24+,27+,28-,29-;23-,24-,27+,28+,29+/m00/s1. The van der Waals surface area contributed by atoms with E-state index in [4.69, 9.17) is 23.2 Å². The van der Waals surface area contributed by atoms with Crippen molar-refractivity contribution >= 4 is 58.2 Å². The fourth-order valence-corrected chi connectivity index (χ4v) is 13.8. The second kappa shape index (κ2) is 22.1. The predicted molar refractivity (Wildman–Crippen MR) is 293 cm³/mol. The summed E-state index contributed by atoms with van der Waals surface area (Å²) in [5, 5.41) is 15.4. The summed E-state index contributed by atoms with van der Waals surface area (Å²) in [6.45, 7) is 1.42. The van der Waals surface area contributed by atoms with Gasteiger partial charge in [-0.25, -0.2) is 0 Å². The van der Waals surface area contributed by atoms with Crippen molar-refractivity contribution in [1.29, 1.82) is 0 Å². The highest BCUT2D eigenvalue weighted by Gasteiger charge is 2.50. The van der Waals surface area contributed by atoms with Crippen molar-refractivity contribution in [3.05, 3.63) is 201 Å². The van der Waals surface area contributed by atoms with E-state index < -0.39 is 0 Å². The van der Waals surface area contributed by atoms with Crippen LogP contribution in [0, 0.1) is 23.7 Å². The number of carbonyl (C=O) groups excluding carboxylic acids is 4. The predicted octanol–water partition coefficient (Wildman–Crippen LogP) is 12.8. The van der Waals surface area contributed by atoms with Gasteiger partial charge in [0.25, 0.3) is 11.8 Å². The lowest BCUT2D eigenvalue weighted by molar-refractivity contribution is -0.139. The molecule has 2 saturated heterocycles. The van der Waals surface area contributed by atoms with Crippen LogP contribution in [0.4, 0.5) is 11.4 Å². The van der Waals surface area contributed by atoms with E-state index in [-0.39, 0.29) is 83.6 Å². The van der Waals surface area contributed by atoms with Gasteiger partial charge in [0.1, 0.15) is 0 Å². The topological polar surface area (TPSA) is 123 Å². The van der Waals surface area contributed by atoms with Gasteiger partial charge in [0, 0.05) is 69.6 Å². The third kappa shape index (κ3) is 9.91. The molecule has 12 heteroatoms. The Morgan fingerprint density at radius 1 is 0.419 bits per heavy atom. The Balaban J connectivity index is 0.000000159. The molecule has 4 heterocycles. The van der Waals surface area contributed by atoms with Gasteiger partial charge in [-0.1, -0.05) is 158 Å². The number of halogens is 2. The van der Waals surface area contributed by atoms with Gasteiger partial charge in [0.2, 0.25) is 11.8 Å². The number of nitrogens with zero attached hydrogens (tertiary/aromatic N) is 2. The van der Waals surface area contributed by atoms with Crippen LogP contribution in [-0.2, 0) is 9.59 Å². The lowest BCUT2D eigenvalue weighted by atomic mass is 9.79. The number of benzene rings is 6. The monoisotopic (exact) mass is 1030 g/mol. The molecule has 2 saturated carbocycles. The fraction of sp³-hybridized carbons (Fsp3) is 0.355. The van der Waals surface area contributed by atoms with Crippen LogP contribution in [0.5, 0.6) is 0 Å². The molecule has 0 spiro atoms. The summed E-state index contributed by atoms with van der Waals surface area (Å²) in [7, 11) is 0. The molecule has 0 radical (unpaired) electrons. The van der Waals surface area contributed by atoms with Gasteiger partial charge < -0.3 is 31.1 Å². The van der Waals surface area contributed by atoms with Gasteiger partial charge >= 0.3 is 0 Å². The van der Waals surface area contributed by atoms with Gasteiger partial charge in [0.05, 0.1) is 36.0 Å². The highest BCUT2D eigenvalue weighted by atomic mass is 35.5. The number of hydrogen-bond acceptors (Lipinski definition) is 6. The van der Waals surface area contributed by atoms with Crippen LogP contribution < -0.4 is 21.3 Å². The Labute approximate surface area is 444 Å². The normalized spacial score (nSPS) is 26.5. The molecule has 6 aromatic carbocycles. The van der Waals surface area contributed by atoms with Crippen molar-refractivity contribution in [3.8, 4) is 0 Å². The zero-order valence-electron chi connectivity index (χ0n) is 41.6. The van der Waals surface area contributed by atoms with Crippen molar-refractivity contribution in [3.63, 3.8) is 0 Å². The SMILES string of the molecule is O=C(N[C@@H]1CCCC[C@@H]1C(=O)N1CC[C@@H]2[C@H](c3ccccc3Cl)Nc3ccccc3[C@@H]21)c1ccccc1.O=C(N[C@@H]1CCCC[C@@H]1C(=O)N1CC[C@H]2[C@@H](c3ccccc3Cl)Nc3ccccc3[C@H]21)c1ccccc1. The van der Waals surface area contributed by atoms with E-state index in [0.29, 0.717) is 24.2 Å². The molecule has 6 aliphatic rings. The van der Waals surface area contributed by atoms with Crippen molar-refractivity contribution in [2.45, 2.75) is 100 Å². The maximum absolute atomic E-state index is 14.2. The zero-order chi connectivity index (χ0) is 50.7. The summed E-state index contributed by atoms with van der Waals surface area (Å²) in [6.07, 6.45) is 9.15. The molecule has 2 aliphatic carbocycles. The summed E-state index contributed by atoms with van der Waals surface area (Å²) >= 11 is 13.3. The van der Waals surface area contributed by atoms with E-state index in [2.05, 4.69) is 79.6 Å². The van der Waals surface area contributed by atoms with Crippen molar-refractivity contribution < 1.29 is 19.2 Å². The zero-order valence-corrected chi connectivity index (χ0v) is 43.1. The summed E-state index contributed by atoms with van der Waals surface area (Å²) < 4.78 is 0. The summed E-state index contributed by atoms with van der Waals surface area (Å²) in [5.41, 5.74) is 7.88. The number of amides is 4. The van der Waals surface area contributed by atoms with Crippen LogP contribution in [-0.4, -0.2) is 58.6 Å². The van der Waals surface area contributed by atoms with Gasteiger partial charge in [-0.3, -0.25) is 19.2 Å². The van der Waals surface area contributed by atoms with E-state index in [1.807, 2.05) is 109 Å². The molecule has 0 bridgehead atoms. The molecule has 10 nitrogen and oxygen atoms in total. The van der Waals surface area contributed by atoms with Crippen LogP contribution in [0.1, 0.15) is 131 Å². The van der Waals surface area contributed by atoms with Gasteiger partial charge in [-0.05, 0) is 109 Å². The second-order valence-electron chi connectivity index (χ2n) is 21.0. The minimum atomic E-state index is -0.207. The molecule has 4 N–H and O–H groups in total. The Bertz CT molecular complexity index is 2790. The first kappa shape index (κ1) is 49.6. The van der Waals surface area contributed by atoms with Crippen LogP contribution in [0.15, 0.2) is 158 Å². The van der Waals surface area contributed by atoms with Crippen LogP contribution in [0.3, 0.4) is 0 Å². The highest BCUT2D eigenvalue weighted by Crippen LogP contribution is 2.54. The summed E-state index contributed by atoms with van der Waals surface area (Å²) in [6, 6.07) is 51.0. The summed E-state index contributed by atoms with van der Waals surface area (Å²) in [5.74, 6) is 0.160. The van der Waals surface area contributed by atoms with E-state index in [1.54, 1.807) is 0 Å². The molecule has 0 unspecified atom stereocenters. The molecule has 10 atom stereocenters. The molecule has 4 fully saturated rings. The van der Waals surface area contributed by atoms with E-state index in [0.717, 1.165) is 96.8 Å². The number of nitrogens with one attached hydrogen (secondary N) is 4. The smallest absolute Gasteiger partial charge is 0.251 e. The molecular weight excluding hydrogens is 964 g/mol. The van der Waals surface area contributed by atoms with Crippen molar-refractivity contribution in [2.75, 3.05) is 23.7 Å². The minimum Gasteiger partial charge on any atom is -0.378 e. The molecule has 12 rings (SSSR count). The Morgan fingerprint density at radius 2 is 0.770 bits per heavy atom. The molecular formula is C62H64Cl2N6O4. The third-order valence-electron chi connectivity index (χ3n) is 16.8. The van der Waals surface area contributed by atoms with Gasteiger partial charge in [-0.15, -0.1) is 0 Å². The largest absolute Gasteiger partial charge is 0.378 e. The second-order valence-corrected chi connectivity index (χ2v) is 21.8. The first-order valence-electron chi connectivity index (χ1n) is 26.8. The van der Waals surface area contributed by atoms with E-state index in [1.165, 1.54) is 11.1 Å². The maximum Gasteiger partial charge on any atom is 0.251 e. The lowest BCUT2D eigenvalue weighted by Gasteiger charge is -2.42. The van der Waals surface area contributed by atoms with Crippen LogP contribution in [0.2, 0.25) is 10.0 Å². The highest BCUT2D eigenvalue weighted by molar-refractivity contribution is 6.31. The number of hydrogen-bond donors (Lipinski definition) is 4. The number of para-hydroxylation sites is 2. The quantitative estimate of drug-likeness (QED) is 0.120. The maximum atomic E-state index is 14.2. The Kier molecular flexibility index (Phi) is 14.8. The van der Waals surface area contributed by atoms with Gasteiger partial charge in [0.15, 0.2) is 0 Å². The molecule has 380 valence electrons. The molecule has 4 aliphatic heterocycles. The third-order valence-corrected chi connectivity index (χ3v) is 17.5. The minimum absolute atomic E-state index is 0.0152. The van der Waals surface area contributed by atoms with Crippen molar-refractivity contribution in [2.24, 2.45) is 23.7 Å². The number of anilines is 2. The summed E-state index contributed by atoms with van der Waals surface area (Å²) in [4.78, 5) is 58.6. The number of fused-ring (bicyclic) bond motifs is 6. The molecule has 6 aromatic rings. The molecule has 74 heavy (non-hydrogen) atoms. The van der Waals surface area contributed by atoms with E-state index >= 15 is 0 Å². The first-order chi connectivity index (χ1) is 36.2. The Hall–Kier alpha value is -6.62. The van der Waals surface area contributed by atoms with E-state index in [9.17, 15) is 19.2 Å². The van der Waals surface area contributed by atoms with Crippen LogP contribution >= 0.6 is 23.2 Å². The lowest BCUT2D eigenvalue weighted by Crippen LogP contribution is -2.50. The molecule has 0 aromatic heterocycles. The fourth-order valence-electron chi connectivity index (χ4n) is 13.3. The number of carbonyl (C=O) groups is 4. The first-order valence-corrected chi connectivity index (χ1v) is 27.5. The average molecular weight is 1030 g/mol. The Morgan fingerprint density at radius 3 is 1.18 bits per heavy atom. The number of rotatable bonds is 8.